The molecule has 0 unspecified atom stereocenters. The van der Waals surface area contributed by atoms with Gasteiger partial charge in [-0.2, -0.15) is 0 Å². The standard InChI is InChI=1S/C29H21N/c1-2-30-28-16-20-15-26-21-9-5-3-7-18(21)11-13-23(26)25(20)17-27(28)24-14-12-19-8-4-6-10-22(19)29(24)30/h3-14,16-17H,2,15H2,1H3. The maximum absolute atomic E-state index is 2.51. The topological polar surface area (TPSA) is 4.93 Å². The monoisotopic (exact) mass is 383 g/mol. The molecular weight excluding hydrogens is 362 g/mol. The Morgan fingerprint density at radius 2 is 1.40 bits per heavy atom. The van der Waals surface area contributed by atoms with Crippen molar-refractivity contribution < 1.29 is 0 Å². The lowest BCUT2D eigenvalue weighted by atomic mass is 9.98. The highest BCUT2D eigenvalue weighted by atomic mass is 15.0. The molecule has 1 heteroatoms. The molecule has 0 aliphatic heterocycles. The fourth-order valence-electron chi connectivity index (χ4n) is 5.65. The maximum Gasteiger partial charge on any atom is 0.0570 e. The molecule has 0 N–H and O–H groups in total. The Labute approximate surface area is 175 Å². The Morgan fingerprint density at radius 1 is 0.667 bits per heavy atom. The number of benzene rings is 5. The summed E-state index contributed by atoms with van der Waals surface area (Å²) in [6.07, 6.45) is 1.02. The number of fused-ring (bicyclic) bond motifs is 10. The van der Waals surface area contributed by atoms with Crippen LogP contribution in [-0.4, -0.2) is 4.57 Å². The number of nitrogens with zero attached hydrogens (tertiary/aromatic N) is 1. The summed E-state index contributed by atoms with van der Waals surface area (Å²) >= 11 is 0. The molecule has 7 rings (SSSR count). The van der Waals surface area contributed by atoms with Crippen LogP contribution in [0.25, 0.3) is 54.5 Å². The largest absolute Gasteiger partial charge is 0.340 e. The van der Waals surface area contributed by atoms with E-state index in [2.05, 4.69) is 96.4 Å². The Morgan fingerprint density at radius 3 is 2.23 bits per heavy atom. The summed E-state index contributed by atoms with van der Waals surface area (Å²) in [6, 6.07) is 31.6. The Kier molecular flexibility index (Phi) is 3.10. The second kappa shape index (κ2) is 5.73. The van der Waals surface area contributed by atoms with E-state index in [4.69, 9.17) is 0 Å². The van der Waals surface area contributed by atoms with Crippen molar-refractivity contribution in [2.75, 3.05) is 0 Å². The molecule has 0 amide bonds. The van der Waals surface area contributed by atoms with E-state index in [0.29, 0.717) is 0 Å². The van der Waals surface area contributed by atoms with E-state index in [-0.39, 0.29) is 0 Å². The Hall–Kier alpha value is -3.58. The Balaban J connectivity index is 1.60. The quantitative estimate of drug-likeness (QED) is 0.274. The first-order chi connectivity index (χ1) is 14.8. The number of rotatable bonds is 1. The third kappa shape index (κ3) is 1.97. The molecule has 0 saturated heterocycles. The predicted molar refractivity (Wildman–Crippen MR) is 128 cm³/mol. The van der Waals surface area contributed by atoms with Crippen LogP contribution in [0.4, 0.5) is 0 Å². The molecule has 1 aromatic heterocycles. The molecule has 0 saturated carbocycles. The van der Waals surface area contributed by atoms with Gasteiger partial charge < -0.3 is 4.57 Å². The summed E-state index contributed by atoms with van der Waals surface area (Å²) in [7, 11) is 0. The molecule has 0 atom stereocenters. The molecule has 0 spiro atoms. The minimum absolute atomic E-state index is 0.975. The van der Waals surface area contributed by atoms with Gasteiger partial charge >= 0.3 is 0 Å². The van der Waals surface area contributed by atoms with Crippen LogP contribution in [-0.2, 0) is 13.0 Å². The van der Waals surface area contributed by atoms with Gasteiger partial charge in [-0.3, -0.25) is 0 Å². The molecule has 1 aliphatic rings. The van der Waals surface area contributed by atoms with Crippen molar-refractivity contribution in [2.24, 2.45) is 0 Å². The van der Waals surface area contributed by atoms with Gasteiger partial charge in [0.15, 0.2) is 0 Å². The van der Waals surface area contributed by atoms with Gasteiger partial charge in [0.1, 0.15) is 0 Å². The summed E-state index contributed by atoms with van der Waals surface area (Å²) in [4.78, 5) is 0. The lowest BCUT2D eigenvalue weighted by Gasteiger charge is -2.07. The van der Waals surface area contributed by atoms with Crippen LogP contribution < -0.4 is 0 Å². The third-order valence-electron chi connectivity index (χ3n) is 6.99. The van der Waals surface area contributed by atoms with Crippen molar-refractivity contribution in [2.45, 2.75) is 19.9 Å². The zero-order chi connectivity index (χ0) is 19.8. The normalized spacial score (nSPS) is 12.8. The van der Waals surface area contributed by atoms with E-state index in [9.17, 15) is 0 Å². The van der Waals surface area contributed by atoms with Gasteiger partial charge in [-0.25, -0.2) is 0 Å². The maximum atomic E-state index is 2.51. The average molecular weight is 383 g/mol. The number of hydrogen-bond donors (Lipinski definition) is 0. The van der Waals surface area contributed by atoms with Crippen molar-refractivity contribution in [1.82, 2.24) is 4.57 Å². The summed E-state index contributed by atoms with van der Waals surface area (Å²) in [5, 5.41) is 8.13. The van der Waals surface area contributed by atoms with E-state index in [1.807, 2.05) is 0 Å². The molecule has 1 nitrogen and oxygen atoms in total. The third-order valence-corrected chi connectivity index (χ3v) is 6.99. The van der Waals surface area contributed by atoms with Crippen molar-refractivity contribution in [3.8, 4) is 11.1 Å². The van der Waals surface area contributed by atoms with Crippen molar-refractivity contribution in [3.05, 3.63) is 96.1 Å². The fourth-order valence-corrected chi connectivity index (χ4v) is 5.65. The lowest BCUT2D eigenvalue weighted by molar-refractivity contribution is 0.829. The molecule has 1 heterocycles. The molecule has 1 aliphatic carbocycles. The highest BCUT2D eigenvalue weighted by molar-refractivity contribution is 6.18. The van der Waals surface area contributed by atoms with E-state index < -0.39 is 0 Å². The first kappa shape index (κ1) is 16.2. The van der Waals surface area contributed by atoms with Crippen LogP contribution in [0.15, 0.2) is 84.9 Å². The van der Waals surface area contributed by atoms with Gasteiger partial charge in [0, 0.05) is 28.2 Å². The first-order valence-electron chi connectivity index (χ1n) is 10.8. The van der Waals surface area contributed by atoms with Crippen LogP contribution in [0.5, 0.6) is 0 Å². The fraction of sp³-hybridized carbons (Fsp3) is 0.103. The SMILES string of the molecule is CCn1c2cc3c(cc2c2ccc4ccccc4c21)-c1ccc2ccccc2c1C3. The molecule has 0 fully saturated rings. The summed E-state index contributed by atoms with van der Waals surface area (Å²) in [5.41, 5.74) is 8.48. The highest BCUT2D eigenvalue weighted by Crippen LogP contribution is 2.44. The highest BCUT2D eigenvalue weighted by Gasteiger charge is 2.23. The van der Waals surface area contributed by atoms with Crippen LogP contribution in [0.1, 0.15) is 18.1 Å². The summed E-state index contributed by atoms with van der Waals surface area (Å²) in [5.74, 6) is 0. The average Bonchev–Trinajstić information content (AvgIpc) is 3.32. The number of aromatic nitrogens is 1. The summed E-state index contributed by atoms with van der Waals surface area (Å²) < 4.78 is 2.51. The van der Waals surface area contributed by atoms with Gasteiger partial charge in [-0.05, 0) is 63.9 Å². The van der Waals surface area contributed by atoms with E-state index in [1.165, 1.54) is 65.6 Å². The summed E-state index contributed by atoms with van der Waals surface area (Å²) in [6.45, 7) is 3.23. The second-order valence-corrected chi connectivity index (χ2v) is 8.44. The van der Waals surface area contributed by atoms with E-state index >= 15 is 0 Å². The number of hydrogen-bond acceptors (Lipinski definition) is 0. The van der Waals surface area contributed by atoms with Crippen molar-refractivity contribution in [1.29, 1.82) is 0 Å². The molecule has 5 aromatic carbocycles. The minimum Gasteiger partial charge on any atom is -0.340 e. The van der Waals surface area contributed by atoms with E-state index in [1.54, 1.807) is 0 Å². The van der Waals surface area contributed by atoms with E-state index in [0.717, 1.165) is 13.0 Å². The van der Waals surface area contributed by atoms with Crippen LogP contribution in [0, 0.1) is 0 Å². The lowest BCUT2D eigenvalue weighted by Crippen LogP contribution is -1.94. The zero-order valence-corrected chi connectivity index (χ0v) is 16.9. The van der Waals surface area contributed by atoms with Gasteiger partial charge in [-0.1, -0.05) is 72.8 Å². The van der Waals surface area contributed by atoms with Crippen LogP contribution >= 0.6 is 0 Å². The second-order valence-electron chi connectivity index (χ2n) is 8.44. The smallest absolute Gasteiger partial charge is 0.0570 e. The molecule has 0 bridgehead atoms. The molecule has 0 radical (unpaired) electrons. The minimum atomic E-state index is 0.975. The molecule has 6 aromatic rings. The van der Waals surface area contributed by atoms with Crippen molar-refractivity contribution in [3.63, 3.8) is 0 Å². The van der Waals surface area contributed by atoms with Crippen LogP contribution in [0.2, 0.25) is 0 Å². The first-order valence-corrected chi connectivity index (χ1v) is 10.8. The molecular formula is C29H21N. The van der Waals surface area contributed by atoms with Crippen LogP contribution in [0.3, 0.4) is 0 Å². The predicted octanol–water partition coefficient (Wildman–Crippen LogP) is 7.69. The van der Waals surface area contributed by atoms with Gasteiger partial charge in [-0.15, -0.1) is 0 Å². The molecule has 142 valence electrons. The Bertz CT molecular complexity index is 1650. The van der Waals surface area contributed by atoms with Crippen molar-refractivity contribution >= 4 is 43.4 Å². The molecule has 30 heavy (non-hydrogen) atoms. The van der Waals surface area contributed by atoms with Gasteiger partial charge in [0.2, 0.25) is 0 Å². The van der Waals surface area contributed by atoms with Gasteiger partial charge in [0.25, 0.3) is 0 Å². The van der Waals surface area contributed by atoms with Gasteiger partial charge in [0.05, 0.1) is 5.52 Å². The number of aryl methyl sites for hydroxylation is 1. The zero-order valence-electron chi connectivity index (χ0n) is 16.9.